The summed E-state index contributed by atoms with van der Waals surface area (Å²) < 4.78 is 0.976. The first-order valence-electron chi connectivity index (χ1n) is 5.30. The molecule has 1 fully saturated rings. The highest BCUT2D eigenvalue weighted by Gasteiger charge is 2.28. The first-order chi connectivity index (χ1) is 8.13. The van der Waals surface area contributed by atoms with E-state index in [2.05, 4.69) is 27.3 Å². The quantitative estimate of drug-likeness (QED) is 0.859. The van der Waals surface area contributed by atoms with E-state index >= 15 is 0 Å². The van der Waals surface area contributed by atoms with Crippen LogP contribution in [0.15, 0.2) is 9.85 Å². The number of thiophene rings is 1. The highest BCUT2D eigenvalue weighted by molar-refractivity contribution is 9.11. The van der Waals surface area contributed by atoms with Crippen LogP contribution in [0.2, 0.25) is 0 Å². The number of nitrogens with one attached hydrogen (secondary N) is 1. The first-order valence-corrected chi connectivity index (χ1v) is 6.91. The summed E-state index contributed by atoms with van der Waals surface area (Å²) in [5, 5.41) is 12.1. The number of carbonyl (C=O) groups excluding carboxylic acids is 1. The van der Waals surface area contributed by atoms with Crippen molar-refractivity contribution in [2.24, 2.45) is 0 Å². The van der Waals surface area contributed by atoms with Crippen LogP contribution in [0, 0.1) is 18.3 Å². The molecule has 1 amide bonds. The van der Waals surface area contributed by atoms with Crippen LogP contribution in [0.1, 0.15) is 15.2 Å². The summed E-state index contributed by atoms with van der Waals surface area (Å²) in [7, 11) is 0. The normalized spacial score (nSPS) is 20.1. The standard InChI is InChI=1S/C11H12BrN3OS/c1-7-4-9(17-10(7)12)11(16)15-3-2-14-6-8(15)5-13/h4,8,14H,2-3,6H2,1H3. The Labute approximate surface area is 112 Å². The fourth-order valence-corrected chi connectivity index (χ4v) is 3.26. The van der Waals surface area contributed by atoms with Crippen LogP contribution < -0.4 is 5.32 Å². The van der Waals surface area contributed by atoms with Gasteiger partial charge in [-0.05, 0) is 34.5 Å². The number of piperazine rings is 1. The second-order valence-corrected chi connectivity index (χ2v) is 6.29. The molecular formula is C11H12BrN3OS. The van der Waals surface area contributed by atoms with Crippen molar-refractivity contribution in [3.63, 3.8) is 0 Å². The Kier molecular flexibility index (Phi) is 3.82. The van der Waals surface area contributed by atoms with E-state index in [-0.39, 0.29) is 11.9 Å². The molecule has 1 saturated heterocycles. The highest BCUT2D eigenvalue weighted by Crippen LogP contribution is 2.28. The zero-order chi connectivity index (χ0) is 12.4. The number of nitrogens with zero attached hydrogens (tertiary/aromatic N) is 2. The number of nitriles is 1. The second-order valence-electron chi connectivity index (χ2n) is 3.91. The second kappa shape index (κ2) is 5.17. The van der Waals surface area contributed by atoms with Crippen molar-refractivity contribution in [3.05, 3.63) is 20.3 Å². The summed E-state index contributed by atoms with van der Waals surface area (Å²) in [5.74, 6) is -0.0446. The molecule has 17 heavy (non-hydrogen) atoms. The van der Waals surface area contributed by atoms with E-state index in [1.165, 1.54) is 11.3 Å². The molecule has 0 saturated carbocycles. The minimum atomic E-state index is -0.363. The van der Waals surface area contributed by atoms with E-state index < -0.39 is 0 Å². The van der Waals surface area contributed by atoms with E-state index in [9.17, 15) is 4.79 Å². The van der Waals surface area contributed by atoms with Gasteiger partial charge < -0.3 is 10.2 Å². The minimum Gasteiger partial charge on any atom is -0.319 e. The van der Waals surface area contributed by atoms with Crippen molar-refractivity contribution in [1.82, 2.24) is 10.2 Å². The van der Waals surface area contributed by atoms with E-state index in [4.69, 9.17) is 5.26 Å². The maximum Gasteiger partial charge on any atom is 0.265 e. The maximum absolute atomic E-state index is 12.3. The SMILES string of the molecule is Cc1cc(C(=O)N2CCNCC2C#N)sc1Br. The number of hydrogen-bond donors (Lipinski definition) is 1. The van der Waals surface area contributed by atoms with Crippen molar-refractivity contribution in [2.75, 3.05) is 19.6 Å². The van der Waals surface area contributed by atoms with Crippen LogP contribution in [0.3, 0.4) is 0 Å². The van der Waals surface area contributed by atoms with Crippen molar-refractivity contribution in [2.45, 2.75) is 13.0 Å². The highest BCUT2D eigenvalue weighted by atomic mass is 79.9. The average Bonchev–Trinajstić information content (AvgIpc) is 2.68. The molecule has 2 rings (SSSR count). The minimum absolute atomic E-state index is 0.0446. The monoisotopic (exact) mass is 313 g/mol. The predicted octanol–water partition coefficient (Wildman–Crippen LogP) is 1.76. The number of halogens is 1. The lowest BCUT2D eigenvalue weighted by molar-refractivity contribution is 0.0692. The van der Waals surface area contributed by atoms with E-state index in [1.54, 1.807) is 4.90 Å². The smallest absolute Gasteiger partial charge is 0.265 e. The van der Waals surface area contributed by atoms with E-state index in [1.807, 2.05) is 13.0 Å². The van der Waals surface area contributed by atoms with Gasteiger partial charge in [-0.2, -0.15) is 5.26 Å². The summed E-state index contributed by atoms with van der Waals surface area (Å²) in [5.41, 5.74) is 1.06. The third-order valence-electron chi connectivity index (χ3n) is 2.72. The number of hydrogen-bond acceptors (Lipinski definition) is 4. The largest absolute Gasteiger partial charge is 0.319 e. The van der Waals surface area contributed by atoms with Crippen LogP contribution >= 0.6 is 27.3 Å². The first kappa shape index (κ1) is 12.6. The van der Waals surface area contributed by atoms with Crippen LogP contribution in [-0.2, 0) is 0 Å². The summed E-state index contributed by atoms with van der Waals surface area (Å²) in [4.78, 5) is 14.6. The van der Waals surface area contributed by atoms with Crippen molar-refractivity contribution in [1.29, 1.82) is 5.26 Å². The molecule has 1 aromatic rings. The Bertz CT molecular complexity index is 460. The molecule has 6 heteroatoms. The Hall–Kier alpha value is -0.900. The molecule has 1 unspecified atom stereocenters. The average molecular weight is 314 g/mol. The lowest BCUT2D eigenvalue weighted by Crippen LogP contribution is -2.52. The number of amides is 1. The number of aryl methyl sites for hydroxylation is 1. The Morgan fingerprint density at radius 1 is 1.76 bits per heavy atom. The van der Waals surface area contributed by atoms with Gasteiger partial charge in [-0.25, -0.2) is 0 Å². The molecule has 2 heterocycles. The van der Waals surface area contributed by atoms with Crippen LogP contribution in [0.4, 0.5) is 0 Å². The molecule has 0 bridgehead atoms. The summed E-state index contributed by atoms with van der Waals surface area (Å²) in [6.07, 6.45) is 0. The molecule has 0 radical (unpaired) electrons. The Morgan fingerprint density at radius 2 is 2.53 bits per heavy atom. The van der Waals surface area contributed by atoms with Crippen molar-refractivity contribution < 1.29 is 4.79 Å². The fraction of sp³-hybridized carbons (Fsp3) is 0.455. The zero-order valence-corrected chi connectivity index (χ0v) is 11.8. The van der Waals surface area contributed by atoms with E-state index in [0.717, 1.165) is 15.9 Å². The molecule has 4 nitrogen and oxygen atoms in total. The van der Waals surface area contributed by atoms with Crippen molar-refractivity contribution in [3.8, 4) is 6.07 Å². The van der Waals surface area contributed by atoms with Gasteiger partial charge in [-0.1, -0.05) is 0 Å². The van der Waals surface area contributed by atoms with Gasteiger partial charge in [-0.3, -0.25) is 4.79 Å². The van der Waals surface area contributed by atoms with Gasteiger partial charge in [0, 0.05) is 19.6 Å². The third kappa shape index (κ3) is 2.51. The molecule has 1 atom stereocenters. The number of carbonyl (C=O) groups is 1. The molecule has 1 aliphatic rings. The summed E-state index contributed by atoms with van der Waals surface area (Å²) in [6.45, 7) is 3.84. The number of rotatable bonds is 1. The summed E-state index contributed by atoms with van der Waals surface area (Å²) >= 11 is 4.84. The van der Waals surface area contributed by atoms with Gasteiger partial charge >= 0.3 is 0 Å². The molecule has 1 N–H and O–H groups in total. The lowest BCUT2D eigenvalue weighted by Gasteiger charge is -2.31. The molecule has 0 aromatic carbocycles. The predicted molar refractivity (Wildman–Crippen MR) is 70.1 cm³/mol. The Morgan fingerprint density at radius 3 is 3.12 bits per heavy atom. The zero-order valence-electron chi connectivity index (χ0n) is 9.36. The van der Waals surface area contributed by atoms with Gasteiger partial charge in [0.25, 0.3) is 5.91 Å². The van der Waals surface area contributed by atoms with Gasteiger partial charge in [-0.15, -0.1) is 11.3 Å². The topological polar surface area (TPSA) is 56.1 Å². The van der Waals surface area contributed by atoms with E-state index in [0.29, 0.717) is 18.0 Å². The molecule has 0 aliphatic carbocycles. The van der Waals surface area contributed by atoms with Gasteiger partial charge in [0.1, 0.15) is 6.04 Å². The maximum atomic E-state index is 12.3. The van der Waals surface area contributed by atoms with Crippen LogP contribution in [0.5, 0.6) is 0 Å². The summed E-state index contributed by atoms with van der Waals surface area (Å²) in [6, 6.07) is 3.67. The molecular weight excluding hydrogens is 302 g/mol. The van der Waals surface area contributed by atoms with Gasteiger partial charge in [0.05, 0.1) is 14.7 Å². The molecule has 1 aliphatic heterocycles. The van der Waals surface area contributed by atoms with Gasteiger partial charge in [0.15, 0.2) is 0 Å². The van der Waals surface area contributed by atoms with Crippen LogP contribution in [-0.4, -0.2) is 36.5 Å². The fourth-order valence-electron chi connectivity index (χ4n) is 1.77. The van der Waals surface area contributed by atoms with Crippen LogP contribution in [0.25, 0.3) is 0 Å². The molecule has 0 spiro atoms. The third-order valence-corrected chi connectivity index (χ3v) is 4.85. The lowest BCUT2D eigenvalue weighted by atomic mass is 10.2. The Balaban J connectivity index is 2.21. The van der Waals surface area contributed by atoms with Crippen molar-refractivity contribution >= 4 is 33.2 Å². The molecule has 1 aromatic heterocycles. The van der Waals surface area contributed by atoms with Gasteiger partial charge in [0.2, 0.25) is 0 Å². The molecule has 90 valence electrons.